The minimum absolute atomic E-state index is 0.0320. The van der Waals surface area contributed by atoms with E-state index in [4.69, 9.17) is 5.11 Å². The second kappa shape index (κ2) is 6.63. The molecule has 1 aromatic heterocycles. The molecule has 1 heterocycles. The molecule has 0 aromatic carbocycles. The minimum atomic E-state index is -1.06. The van der Waals surface area contributed by atoms with Crippen molar-refractivity contribution in [3.8, 4) is 0 Å². The first kappa shape index (κ1) is 14.0. The lowest BCUT2D eigenvalue weighted by atomic mass is 9.87. The molecule has 1 aromatic rings. The number of hydrogen-bond acceptors (Lipinski definition) is 5. The molecule has 1 saturated carbocycles. The van der Waals surface area contributed by atoms with Crippen molar-refractivity contribution in [3.05, 3.63) is 11.9 Å². The van der Waals surface area contributed by atoms with E-state index in [1.54, 1.807) is 0 Å². The Labute approximate surface area is 111 Å². The molecule has 2 rings (SSSR count). The summed E-state index contributed by atoms with van der Waals surface area (Å²) in [7, 11) is 0. The molecule has 0 amide bonds. The van der Waals surface area contributed by atoms with Crippen LogP contribution in [0, 0.1) is 5.92 Å². The van der Waals surface area contributed by atoms with E-state index in [1.807, 2.05) is 0 Å². The number of rotatable bonds is 6. The summed E-state index contributed by atoms with van der Waals surface area (Å²) >= 11 is 0. The van der Waals surface area contributed by atoms with Crippen LogP contribution in [-0.4, -0.2) is 50.4 Å². The largest absolute Gasteiger partial charge is 0.476 e. The van der Waals surface area contributed by atoms with Gasteiger partial charge < -0.3 is 15.5 Å². The summed E-state index contributed by atoms with van der Waals surface area (Å²) in [6.07, 6.45) is 5.34. The van der Waals surface area contributed by atoms with Gasteiger partial charge in [-0.25, -0.2) is 4.79 Å². The maximum atomic E-state index is 10.6. The maximum absolute atomic E-state index is 10.6. The Morgan fingerprint density at radius 2 is 2.37 bits per heavy atom. The molecule has 1 aliphatic carbocycles. The number of aromatic carboxylic acids is 1. The fraction of sp³-hybridized carbons (Fsp3) is 0.750. The van der Waals surface area contributed by atoms with Crippen molar-refractivity contribution in [2.45, 2.75) is 38.3 Å². The summed E-state index contributed by atoms with van der Waals surface area (Å²) in [5.41, 5.74) is -0.0320. The van der Waals surface area contributed by atoms with Gasteiger partial charge in [-0.1, -0.05) is 11.6 Å². The van der Waals surface area contributed by atoms with Crippen LogP contribution in [0.3, 0.4) is 0 Å². The second-order valence-corrected chi connectivity index (χ2v) is 5.06. The number of nitrogens with one attached hydrogen (secondary N) is 1. The van der Waals surface area contributed by atoms with Crippen LogP contribution in [0.5, 0.6) is 0 Å². The van der Waals surface area contributed by atoms with Crippen LogP contribution in [-0.2, 0) is 6.54 Å². The highest BCUT2D eigenvalue weighted by atomic mass is 16.4. The highest BCUT2D eigenvalue weighted by Crippen LogP contribution is 2.23. The number of hydrogen-bond donors (Lipinski definition) is 3. The number of carboxylic acids is 1. The van der Waals surface area contributed by atoms with Crippen LogP contribution in [0.2, 0.25) is 0 Å². The monoisotopic (exact) mass is 268 g/mol. The minimum Gasteiger partial charge on any atom is -0.476 e. The third-order valence-electron chi connectivity index (χ3n) is 3.46. The Bertz CT molecular complexity index is 421. The molecule has 0 saturated heterocycles. The molecule has 2 unspecified atom stereocenters. The molecule has 1 aliphatic rings. The average Bonchev–Trinajstić information content (AvgIpc) is 2.84. The predicted octanol–water partition coefficient (Wildman–Crippen LogP) is 0.117. The van der Waals surface area contributed by atoms with E-state index in [-0.39, 0.29) is 11.8 Å². The van der Waals surface area contributed by atoms with E-state index in [1.165, 1.54) is 10.9 Å². The van der Waals surface area contributed by atoms with Crippen LogP contribution in [0.1, 0.15) is 36.2 Å². The first-order chi connectivity index (χ1) is 9.15. The molecule has 7 nitrogen and oxygen atoms in total. The summed E-state index contributed by atoms with van der Waals surface area (Å²) < 4.78 is 1.52. The van der Waals surface area contributed by atoms with E-state index < -0.39 is 5.97 Å². The van der Waals surface area contributed by atoms with Crippen molar-refractivity contribution in [2.24, 2.45) is 5.92 Å². The lowest BCUT2D eigenvalue weighted by Gasteiger charge is -2.25. The lowest BCUT2D eigenvalue weighted by molar-refractivity contribution is 0.0690. The summed E-state index contributed by atoms with van der Waals surface area (Å²) in [6, 6.07) is 0. The molecule has 2 atom stereocenters. The fourth-order valence-electron chi connectivity index (χ4n) is 2.45. The third-order valence-corrected chi connectivity index (χ3v) is 3.46. The van der Waals surface area contributed by atoms with Crippen molar-refractivity contribution >= 4 is 5.97 Å². The van der Waals surface area contributed by atoms with E-state index in [0.29, 0.717) is 12.5 Å². The Morgan fingerprint density at radius 1 is 1.53 bits per heavy atom. The van der Waals surface area contributed by atoms with E-state index in [0.717, 1.165) is 38.8 Å². The van der Waals surface area contributed by atoms with Gasteiger partial charge in [0, 0.05) is 6.54 Å². The number of aliphatic hydroxyl groups is 1. The first-order valence-electron chi connectivity index (χ1n) is 6.67. The zero-order valence-corrected chi connectivity index (χ0v) is 10.8. The van der Waals surface area contributed by atoms with E-state index in [9.17, 15) is 9.90 Å². The standard InChI is InChI=1S/C12H20N4O3/c17-10-3-1-2-9(6-10)7-13-4-5-16-8-11(12(18)19)14-15-16/h8-10,13,17H,1-7H2,(H,18,19). The third kappa shape index (κ3) is 4.29. The van der Waals surface area contributed by atoms with Gasteiger partial charge in [-0.05, 0) is 31.7 Å². The van der Waals surface area contributed by atoms with E-state index >= 15 is 0 Å². The summed E-state index contributed by atoms with van der Waals surface area (Å²) in [4.78, 5) is 10.6. The van der Waals surface area contributed by atoms with Crippen molar-refractivity contribution in [1.29, 1.82) is 0 Å². The molecule has 0 spiro atoms. The SMILES string of the molecule is O=C(O)c1cn(CCNCC2CCCC(O)C2)nn1. The highest BCUT2D eigenvalue weighted by molar-refractivity contribution is 5.84. The molecule has 0 aliphatic heterocycles. The Balaban J connectivity index is 1.64. The van der Waals surface area contributed by atoms with Crippen molar-refractivity contribution in [2.75, 3.05) is 13.1 Å². The first-order valence-corrected chi connectivity index (χ1v) is 6.67. The van der Waals surface area contributed by atoms with Crippen molar-refractivity contribution in [1.82, 2.24) is 20.3 Å². The molecular weight excluding hydrogens is 248 g/mol. The summed E-state index contributed by atoms with van der Waals surface area (Å²) in [5.74, 6) is -0.524. The van der Waals surface area contributed by atoms with Crippen LogP contribution in [0.4, 0.5) is 0 Å². The molecule has 106 valence electrons. The molecule has 3 N–H and O–H groups in total. The van der Waals surface area contributed by atoms with Crippen LogP contribution in [0.15, 0.2) is 6.20 Å². The van der Waals surface area contributed by atoms with Crippen LogP contribution >= 0.6 is 0 Å². The second-order valence-electron chi connectivity index (χ2n) is 5.06. The number of nitrogens with zero attached hydrogens (tertiary/aromatic N) is 3. The Hall–Kier alpha value is -1.47. The average molecular weight is 268 g/mol. The van der Waals surface area contributed by atoms with E-state index in [2.05, 4.69) is 15.6 Å². The van der Waals surface area contributed by atoms with Gasteiger partial charge in [0.25, 0.3) is 0 Å². The molecule has 0 radical (unpaired) electrons. The van der Waals surface area contributed by atoms with Crippen molar-refractivity contribution in [3.63, 3.8) is 0 Å². The fourth-order valence-corrected chi connectivity index (χ4v) is 2.45. The zero-order chi connectivity index (χ0) is 13.7. The molecule has 19 heavy (non-hydrogen) atoms. The zero-order valence-electron chi connectivity index (χ0n) is 10.8. The van der Waals surface area contributed by atoms with Gasteiger partial charge in [-0.15, -0.1) is 5.10 Å². The highest BCUT2D eigenvalue weighted by Gasteiger charge is 2.19. The van der Waals surface area contributed by atoms with Gasteiger partial charge in [0.1, 0.15) is 0 Å². The smallest absolute Gasteiger partial charge is 0.358 e. The summed E-state index contributed by atoms with van der Waals surface area (Å²) in [5, 5.41) is 28.9. The number of carboxylic acid groups (broad SMARTS) is 1. The van der Waals surface area contributed by atoms with Gasteiger partial charge >= 0.3 is 5.97 Å². The van der Waals surface area contributed by atoms with Gasteiger partial charge in [0.15, 0.2) is 5.69 Å². The Kier molecular flexibility index (Phi) is 4.86. The van der Waals surface area contributed by atoms with Crippen molar-refractivity contribution < 1.29 is 15.0 Å². The topological polar surface area (TPSA) is 100 Å². The number of aliphatic hydroxyl groups excluding tert-OH is 1. The van der Waals surface area contributed by atoms with Crippen LogP contribution < -0.4 is 5.32 Å². The quantitative estimate of drug-likeness (QED) is 0.633. The van der Waals surface area contributed by atoms with Gasteiger partial charge in [0.05, 0.1) is 18.8 Å². The molecular formula is C12H20N4O3. The summed E-state index contributed by atoms with van der Waals surface area (Å²) in [6.45, 7) is 2.20. The van der Waals surface area contributed by atoms with Gasteiger partial charge in [0.2, 0.25) is 0 Å². The maximum Gasteiger partial charge on any atom is 0.358 e. The Morgan fingerprint density at radius 3 is 3.05 bits per heavy atom. The number of carbonyl (C=O) groups is 1. The molecule has 1 fully saturated rings. The lowest BCUT2D eigenvalue weighted by Crippen LogP contribution is -2.31. The molecule has 0 bridgehead atoms. The van der Waals surface area contributed by atoms with Crippen LogP contribution in [0.25, 0.3) is 0 Å². The van der Waals surface area contributed by atoms with Gasteiger partial charge in [-0.2, -0.15) is 0 Å². The number of aromatic nitrogens is 3. The predicted molar refractivity (Wildman–Crippen MR) is 67.8 cm³/mol. The molecule has 7 heteroatoms. The van der Waals surface area contributed by atoms with Gasteiger partial charge in [-0.3, -0.25) is 4.68 Å². The normalized spacial score (nSPS) is 23.4.